The molecule has 8 nitrogen and oxygen atoms in total. The minimum atomic E-state index is -0.407. The Morgan fingerprint density at radius 3 is 2.70 bits per heavy atom. The number of carbonyl (C=O) groups excluding carboxylic acids is 2. The first-order chi connectivity index (χ1) is 15.8. The largest absolute Gasteiger partial charge is 0.358 e. The molecule has 0 aliphatic carbocycles. The van der Waals surface area contributed by atoms with E-state index in [1.165, 1.54) is 0 Å². The number of piperazine rings is 1. The van der Waals surface area contributed by atoms with E-state index in [0.29, 0.717) is 44.3 Å². The summed E-state index contributed by atoms with van der Waals surface area (Å²) in [5, 5.41) is 7.46. The Labute approximate surface area is 196 Å². The quantitative estimate of drug-likeness (QED) is 0.741. The zero-order valence-corrected chi connectivity index (χ0v) is 20.2. The fourth-order valence-corrected chi connectivity index (χ4v) is 4.59. The summed E-state index contributed by atoms with van der Waals surface area (Å²) >= 11 is 0. The summed E-state index contributed by atoms with van der Waals surface area (Å²) in [6.07, 6.45) is 1.48. The molecule has 2 amide bonds. The van der Waals surface area contributed by atoms with Gasteiger partial charge in [-0.3, -0.25) is 14.5 Å². The lowest BCUT2D eigenvalue weighted by Gasteiger charge is -2.41. The maximum atomic E-state index is 13.2. The molecule has 2 aliphatic rings. The third-order valence-electron chi connectivity index (χ3n) is 6.64. The summed E-state index contributed by atoms with van der Waals surface area (Å²) in [6.45, 7) is 11.5. The average molecular weight is 453 g/mol. The lowest BCUT2D eigenvalue weighted by Crippen LogP contribution is -2.58. The van der Waals surface area contributed by atoms with Gasteiger partial charge in [-0.25, -0.2) is 9.97 Å². The van der Waals surface area contributed by atoms with Gasteiger partial charge in [0.05, 0.1) is 12.1 Å². The van der Waals surface area contributed by atoms with Crippen molar-refractivity contribution in [1.82, 2.24) is 25.1 Å². The van der Waals surface area contributed by atoms with Crippen molar-refractivity contribution in [2.45, 2.75) is 59.2 Å². The number of nitrogens with one attached hydrogen (secondary N) is 2. The highest BCUT2D eigenvalue weighted by Crippen LogP contribution is 2.24. The number of carbonyl (C=O) groups is 2. The smallest absolute Gasteiger partial charge is 0.242 e. The monoisotopic (exact) mass is 452 g/mol. The number of anilines is 1. The number of para-hydroxylation sites is 1. The van der Waals surface area contributed by atoms with Gasteiger partial charge in [-0.05, 0) is 30.4 Å². The van der Waals surface area contributed by atoms with Crippen LogP contribution in [0.25, 0.3) is 10.9 Å². The van der Waals surface area contributed by atoms with Crippen LogP contribution in [0.2, 0.25) is 0 Å². The molecule has 0 spiro atoms. The van der Waals surface area contributed by atoms with Crippen LogP contribution in [0.1, 0.15) is 46.4 Å². The van der Waals surface area contributed by atoms with Gasteiger partial charge in [-0.15, -0.1) is 0 Å². The second kappa shape index (κ2) is 10.0. The molecule has 8 heteroatoms. The Balaban J connectivity index is 1.63. The molecular formula is C25H36N6O2. The van der Waals surface area contributed by atoms with Crippen LogP contribution < -0.4 is 10.6 Å². The summed E-state index contributed by atoms with van der Waals surface area (Å²) in [5.41, 5.74) is 0.867. The molecule has 0 radical (unpaired) electrons. The first-order valence-corrected chi connectivity index (χ1v) is 12.1. The van der Waals surface area contributed by atoms with Crippen molar-refractivity contribution in [1.29, 1.82) is 0 Å². The lowest BCUT2D eigenvalue weighted by atomic mass is 10.0. The molecule has 2 aromatic rings. The van der Waals surface area contributed by atoms with Crippen molar-refractivity contribution in [3.05, 3.63) is 30.1 Å². The van der Waals surface area contributed by atoms with Gasteiger partial charge in [0.25, 0.3) is 0 Å². The van der Waals surface area contributed by atoms with Gasteiger partial charge in [0.1, 0.15) is 17.7 Å². The molecule has 1 aromatic carbocycles. The molecule has 2 N–H and O–H groups in total. The molecule has 0 saturated carbocycles. The van der Waals surface area contributed by atoms with E-state index in [4.69, 9.17) is 9.97 Å². The van der Waals surface area contributed by atoms with Gasteiger partial charge in [0.15, 0.2) is 0 Å². The number of amides is 2. The number of rotatable bonds is 4. The molecule has 1 saturated heterocycles. The van der Waals surface area contributed by atoms with Crippen LogP contribution in [-0.2, 0) is 16.1 Å². The van der Waals surface area contributed by atoms with Crippen LogP contribution in [0.5, 0.6) is 0 Å². The first kappa shape index (κ1) is 23.4. The van der Waals surface area contributed by atoms with Crippen molar-refractivity contribution >= 4 is 28.5 Å². The van der Waals surface area contributed by atoms with Crippen LogP contribution >= 0.6 is 0 Å². The van der Waals surface area contributed by atoms with Gasteiger partial charge in [-0.2, -0.15) is 0 Å². The van der Waals surface area contributed by atoms with Crippen LogP contribution in [0.15, 0.2) is 24.3 Å². The Bertz CT molecular complexity index is 1010. The van der Waals surface area contributed by atoms with Crippen LogP contribution in [0.4, 0.5) is 5.82 Å². The van der Waals surface area contributed by atoms with E-state index in [9.17, 15) is 9.59 Å². The van der Waals surface area contributed by atoms with E-state index in [2.05, 4.69) is 29.4 Å². The fraction of sp³-hybridized carbons (Fsp3) is 0.600. The van der Waals surface area contributed by atoms with Gasteiger partial charge >= 0.3 is 0 Å². The van der Waals surface area contributed by atoms with Crippen LogP contribution in [0.3, 0.4) is 0 Å². The van der Waals surface area contributed by atoms with Crippen molar-refractivity contribution in [3.8, 4) is 0 Å². The van der Waals surface area contributed by atoms with Gasteiger partial charge < -0.3 is 15.5 Å². The Morgan fingerprint density at radius 1 is 1.15 bits per heavy atom. The van der Waals surface area contributed by atoms with Crippen LogP contribution in [-0.4, -0.2) is 69.8 Å². The number of fused-ring (bicyclic) bond motifs is 5. The van der Waals surface area contributed by atoms with Gasteiger partial charge in [0, 0.05) is 44.0 Å². The molecule has 1 unspecified atom stereocenters. The second-order valence-corrected chi connectivity index (χ2v) is 10.0. The highest BCUT2D eigenvalue weighted by Gasteiger charge is 2.32. The zero-order chi connectivity index (χ0) is 23.5. The van der Waals surface area contributed by atoms with E-state index in [1.54, 1.807) is 0 Å². The highest BCUT2D eigenvalue weighted by molar-refractivity contribution is 5.92. The van der Waals surface area contributed by atoms with E-state index in [0.717, 1.165) is 29.7 Å². The molecule has 1 aromatic heterocycles. The number of nitrogens with zero attached hydrogens (tertiary/aromatic N) is 4. The molecule has 2 bridgehead atoms. The molecular weight excluding hydrogens is 416 g/mol. The molecule has 3 heterocycles. The number of hydrogen-bond donors (Lipinski definition) is 2. The number of aromatic nitrogens is 2. The SMILES string of the molecule is CC(C)CCC(=O)N1CCN2Cc3nc(c4ccccc4n3)N[C@@H](C(C)C)C(=O)NCC2C1. The number of benzene rings is 1. The topological polar surface area (TPSA) is 90.5 Å². The summed E-state index contributed by atoms with van der Waals surface area (Å²) < 4.78 is 0. The van der Waals surface area contributed by atoms with E-state index >= 15 is 0 Å². The summed E-state index contributed by atoms with van der Waals surface area (Å²) in [5.74, 6) is 2.18. The minimum Gasteiger partial charge on any atom is -0.358 e. The molecule has 2 aliphatic heterocycles. The summed E-state index contributed by atoms with van der Waals surface area (Å²) in [7, 11) is 0. The third kappa shape index (κ3) is 5.43. The minimum absolute atomic E-state index is 0.0233. The summed E-state index contributed by atoms with van der Waals surface area (Å²) in [4.78, 5) is 39.9. The molecule has 178 valence electrons. The molecule has 33 heavy (non-hydrogen) atoms. The highest BCUT2D eigenvalue weighted by atomic mass is 16.2. The average Bonchev–Trinajstić information content (AvgIpc) is 2.81. The van der Waals surface area contributed by atoms with Gasteiger partial charge in [0.2, 0.25) is 11.8 Å². The van der Waals surface area contributed by atoms with E-state index < -0.39 is 6.04 Å². The lowest BCUT2D eigenvalue weighted by molar-refractivity contribution is -0.134. The van der Waals surface area contributed by atoms with Gasteiger partial charge in [-0.1, -0.05) is 39.8 Å². The zero-order valence-electron chi connectivity index (χ0n) is 20.2. The fourth-order valence-electron chi connectivity index (χ4n) is 4.59. The van der Waals surface area contributed by atoms with Crippen molar-refractivity contribution in [3.63, 3.8) is 0 Å². The second-order valence-electron chi connectivity index (χ2n) is 10.0. The van der Waals surface area contributed by atoms with Crippen molar-refractivity contribution < 1.29 is 9.59 Å². The molecule has 4 rings (SSSR count). The number of hydrogen-bond acceptors (Lipinski definition) is 6. The Hall–Kier alpha value is -2.74. The molecule has 2 atom stereocenters. The first-order valence-electron chi connectivity index (χ1n) is 12.1. The maximum Gasteiger partial charge on any atom is 0.242 e. The van der Waals surface area contributed by atoms with Crippen molar-refractivity contribution in [2.75, 3.05) is 31.5 Å². The van der Waals surface area contributed by atoms with Crippen molar-refractivity contribution in [2.24, 2.45) is 11.8 Å². The third-order valence-corrected chi connectivity index (χ3v) is 6.64. The van der Waals surface area contributed by atoms with E-state index in [-0.39, 0.29) is 23.8 Å². The molecule has 1 fully saturated rings. The van der Waals surface area contributed by atoms with E-state index in [1.807, 2.05) is 43.0 Å². The maximum absolute atomic E-state index is 13.2. The Kier molecular flexibility index (Phi) is 7.12. The normalized spacial score (nSPS) is 22.0. The predicted molar refractivity (Wildman–Crippen MR) is 130 cm³/mol. The Morgan fingerprint density at radius 2 is 1.94 bits per heavy atom. The van der Waals surface area contributed by atoms with Crippen LogP contribution in [0, 0.1) is 11.8 Å². The summed E-state index contributed by atoms with van der Waals surface area (Å²) in [6, 6.07) is 7.52. The predicted octanol–water partition coefficient (Wildman–Crippen LogP) is 2.65. The standard InChI is InChI=1S/C25H36N6O2/c1-16(2)9-10-22(32)31-12-11-30-15-21-27-20-8-6-5-7-19(20)24(28-21)29-23(17(3)4)25(33)26-13-18(30)14-31/h5-8,16-18,23H,9-15H2,1-4H3,(H,26,33)(H,27,28,29)/t18?,23-/m0/s1.